The third-order valence-corrected chi connectivity index (χ3v) is 2.70. The highest BCUT2D eigenvalue weighted by molar-refractivity contribution is 5.88. The Hall–Kier alpha value is -1.61. The average Bonchev–Trinajstić information content (AvgIpc) is 2.29. The number of carbonyl (C=O) groups excluding carboxylic acids is 1. The molecule has 17 heavy (non-hydrogen) atoms. The lowest BCUT2D eigenvalue weighted by molar-refractivity contribution is -0.130. The second kappa shape index (κ2) is 5.15. The lowest BCUT2D eigenvalue weighted by Gasteiger charge is -2.22. The molecule has 0 aliphatic carbocycles. The van der Waals surface area contributed by atoms with Gasteiger partial charge in [0.1, 0.15) is 5.75 Å². The molecule has 0 aromatic heterocycles. The SMILES string of the molecule is C=C(C)C(=O)Oc1cccc(C(C)(O)CC)c1. The minimum absolute atomic E-state index is 0.345. The molecule has 0 saturated heterocycles. The maximum absolute atomic E-state index is 11.4. The number of rotatable bonds is 4. The van der Waals surface area contributed by atoms with Crippen LogP contribution in [0.5, 0.6) is 5.75 Å². The minimum Gasteiger partial charge on any atom is -0.423 e. The summed E-state index contributed by atoms with van der Waals surface area (Å²) < 4.78 is 5.11. The molecule has 0 saturated carbocycles. The van der Waals surface area contributed by atoms with Gasteiger partial charge >= 0.3 is 5.97 Å². The third kappa shape index (κ3) is 3.43. The molecular formula is C14H18O3. The van der Waals surface area contributed by atoms with Crippen LogP contribution >= 0.6 is 0 Å². The van der Waals surface area contributed by atoms with Gasteiger partial charge in [0.2, 0.25) is 0 Å². The highest BCUT2D eigenvalue weighted by atomic mass is 16.5. The Labute approximate surface area is 102 Å². The van der Waals surface area contributed by atoms with Crippen molar-refractivity contribution < 1.29 is 14.6 Å². The monoisotopic (exact) mass is 234 g/mol. The van der Waals surface area contributed by atoms with Gasteiger partial charge in [-0.2, -0.15) is 0 Å². The van der Waals surface area contributed by atoms with E-state index in [1.165, 1.54) is 0 Å². The van der Waals surface area contributed by atoms with Crippen LogP contribution in [0.4, 0.5) is 0 Å². The number of esters is 1. The summed E-state index contributed by atoms with van der Waals surface area (Å²) in [5.74, 6) is -0.0393. The molecule has 0 aliphatic rings. The first-order valence-electron chi connectivity index (χ1n) is 5.57. The fourth-order valence-electron chi connectivity index (χ4n) is 1.29. The van der Waals surface area contributed by atoms with Gasteiger partial charge in [0.15, 0.2) is 0 Å². The van der Waals surface area contributed by atoms with Crippen LogP contribution in [0.1, 0.15) is 32.8 Å². The molecule has 0 bridgehead atoms. The Kier molecular flexibility index (Phi) is 4.07. The summed E-state index contributed by atoms with van der Waals surface area (Å²) in [6.45, 7) is 8.73. The predicted octanol–water partition coefficient (Wildman–Crippen LogP) is 2.79. The first-order valence-corrected chi connectivity index (χ1v) is 5.57. The lowest BCUT2D eigenvalue weighted by Crippen LogP contribution is -2.19. The molecule has 3 heteroatoms. The van der Waals surface area contributed by atoms with E-state index in [2.05, 4.69) is 6.58 Å². The van der Waals surface area contributed by atoms with Crippen molar-refractivity contribution >= 4 is 5.97 Å². The number of hydrogen-bond donors (Lipinski definition) is 1. The average molecular weight is 234 g/mol. The van der Waals surface area contributed by atoms with Gasteiger partial charge in [-0.25, -0.2) is 4.79 Å². The summed E-state index contributed by atoms with van der Waals surface area (Å²) >= 11 is 0. The van der Waals surface area contributed by atoms with Crippen molar-refractivity contribution in [3.8, 4) is 5.75 Å². The quantitative estimate of drug-likeness (QED) is 0.495. The normalized spacial score (nSPS) is 13.9. The summed E-state index contributed by atoms with van der Waals surface area (Å²) in [6, 6.07) is 6.91. The van der Waals surface area contributed by atoms with Gasteiger partial charge in [-0.15, -0.1) is 0 Å². The van der Waals surface area contributed by atoms with E-state index in [1.54, 1.807) is 32.0 Å². The van der Waals surface area contributed by atoms with Crippen LogP contribution in [0.25, 0.3) is 0 Å². The van der Waals surface area contributed by atoms with E-state index < -0.39 is 11.6 Å². The van der Waals surface area contributed by atoms with Gasteiger partial charge in [-0.1, -0.05) is 25.6 Å². The van der Waals surface area contributed by atoms with Gasteiger partial charge in [0.05, 0.1) is 5.60 Å². The molecule has 92 valence electrons. The summed E-state index contributed by atoms with van der Waals surface area (Å²) in [4.78, 5) is 11.4. The summed E-state index contributed by atoms with van der Waals surface area (Å²) in [6.07, 6.45) is 0.588. The molecule has 0 heterocycles. The Morgan fingerprint density at radius 1 is 1.53 bits per heavy atom. The van der Waals surface area contributed by atoms with Gasteiger partial charge in [-0.05, 0) is 38.0 Å². The number of ether oxygens (including phenoxy) is 1. The number of aliphatic hydroxyl groups is 1. The van der Waals surface area contributed by atoms with E-state index in [9.17, 15) is 9.90 Å². The van der Waals surface area contributed by atoms with E-state index >= 15 is 0 Å². The van der Waals surface area contributed by atoms with E-state index in [0.717, 1.165) is 5.56 Å². The van der Waals surface area contributed by atoms with Crippen molar-refractivity contribution in [1.82, 2.24) is 0 Å². The van der Waals surface area contributed by atoms with E-state index in [0.29, 0.717) is 17.7 Å². The Bertz CT molecular complexity index is 433. The van der Waals surface area contributed by atoms with Crippen molar-refractivity contribution in [3.05, 3.63) is 42.0 Å². The standard InChI is InChI=1S/C14H18O3/c1-5-14(4,16)11-7-6-8-12(9-11)17-13(15)10(2)3/h6-9,16H,2,5H2,1,3-4H3. The number of benzene rings is 1. The van der Waals surface area contributed by atoms with Crippen molar-refractivity contribution in [3.63, 3.8) is 0 Å². The molecule has 0 spiro atoms. The van der Waals surface area contributed by atoms with E-state index in [4.69, 9.17) is 4.74 Å². The molecule has 0 radical (unpaired) electrons. The fourth-order valence-corrected chi connectivity index (χ4v) is 1.29. The van der Waals surface area contributed by atoms with Crippen molar-refractivity contribution in [2.24, 2.45) is 0 Å². The van der Waals surface area contributed by atoms with Crippen LogP contribution in [0.3, 0.4) is 0 Å². The summed E-state index contributed by atoms with van der Waals surface area (Å²) in [5.41, 5.74) is 0.163. The van der Waals surface area contributed by atoms with Crippen LogP contribution in [0.15, 0.2) is 36.4 Å². The molecule has 1 rings (SSSR count). The Balaban J connectivity index is 2.94. The molecule has 1 atom stereocenters. The summed E-state index contributed by atoms with van der Waals surface area (Å²) in [5, 5.41) is 10.1. The molecule has 0 fully saturated rings. The molecule has 1 unspecified atom stereocenters. The van der Waals surface area contributed by atoms with Crippen LogP contribution in [0, 0.1) is 0 Å². The molecule has 0 amide bonds. The molecule has 1 aromatic rings. The summed E-state index contributed by atoms with van der Waals surface area (Å²) in [7, 11) is 0. The van der Waals surface area contributed by atoms with Crippen LogP contribution < -0.4 is 4.74 Å². The molecule has 0 aliphatic heterocycles. The highest BCUT2D eigenvalue weighted by Gasteiger charge is 2.21. The first-order chi connectivity index (χ1) is 7.86. The number of carbonyl (C=O) groups is 1. The largest absolute Gasteiger partial charge is 0.423 e. The van der Waals surface area contributed by atoms with Crippen molar-refractivity contribution in [1.29, 1.82) is 0 Å². The van der Waals surface area contributed by atoms with Crippen LogP contribution in [-0.4, -0.2) is 11.1 Å². The molecule has 3 nitrogen and oxygen atoms in total. The zero-order valence-corrected chi connectivity index (χ0v) is 10.5. The Morgan fingerprint density at radius 3 is 2.71 bits per heavy atom. The Morgan fingerprint density at radius 2 is 2.18 bits per heavy atom. The smallest absolute Gasteiger partial charge is 0.338 e. The van der Waals surface area contributed by atoms with Crippen LogP contribution in [-0.2, 0) is 10.4 Å². The van der Waals surface area contributed by atoms with Gasteiger partial charge in [-0.3, -0.25) is 0 Å². The maximum atomic E-state index is 11.4. The number of hydrogen-bond acceptors (Lipinski definition) is 3. The van der Waals surface area contributed by atoms with Crippen LogP contribution in [0.2, 0.25) is 0 Å². The molecule has 1 aromatic carbocycles. The second-order valence-corrected chi connectivity index (χ2v) is 4.33. The fraction of sp³-hybridized carbons (Fsp3) is 0.357. The highest BCUT2D eigenvalue weighted by Crippen LogP contribution is 2.27. The molecule has 1 N–H and O–H groups in total. The van der Waals surface area contributed by atoms with E-state index in [1.807, 2.05) is 13.0 Å². The first kappa shape index (κ1) is 13.5. The topological polar surface area (TPSA) is 46.5 Å². The minimum atomic E-state index is -0.911. The van der Waals surface area contributed by atoms with E-state index in [-0.39, 0.29) is 0 Å². The molecular weight excluding hydrogens is 216 g/mol. The maximum Gasteiger partial charge on any atom is 0.338 e. The van der Waals surface area contributed by atoms with Gasteiger partial charge in [0, 0.05) is 5.57 Å². The third-order valence-electron chi connectivity index (χ3n) is 2.70. The lowest BCUT2D eigenvalue weighted by atomic mass is 9.93. The predicted molar refractivity (Wildman–Crippen MR) is 66.8 cm³/mol. The van der Waals surface area contributed by atoms with Crippen molar-refractivity contribution in [2.75, 3.05) is 0 Å². The van der Waals surface area contributed by atoms with Crippen molar-refractivity contribution in [2.45, 2.75) is 32.8 Å². The zero-order chi connectivity index (χ0) is 13.1. The van der Waals surface area contributed by atoms with Gasteiger partial charge < -0.3 is 9.84 Å². The van der Waals surface area contributed by atoms with Gasteiger partial charge in [0.25, 0.3) is 0 Å². The zero-order valence-electron chi connectivity index (χ0n) is 10.5. The second-order valence-electron chi connectivity index (χ2n) is 4.33.